The fraction of sp³-hybridized carbons (Fsp3) is 1.00. The molecule has 3 atom stereocenters. The topological polar surface area (TPSA) is 38.5 Å². The highest BCUT2D eigenvalue weighted by molar-refractivity contribution is 5.06. The lowest BCUT2D eigenvalue weighted by Crippen LogP contribution is -2.58. The van der Waals surface area contributed by atoms with Crippen molar-refractivity contribution >= 4 is 0 Å². The Morgan fingerprint density at radius 2 is 1.71 bits per heavy atom. The largest absolute Gasteiger partial charge is 0.377 e. The molecule has 0 aromatic heterocycles. The zero-order valence-corrected chi connectivity index (χ0v) is 13.8. The SMILES string of the molecule is CC1OCCC1N(C)CC(N)C12CC3CC(CC(C3)C1)C2. The molecule has 4 bridgehead atoms. The van der Waals surface area contributed by atoms with Crippen molar-refractivity contribution in [3.8, 4) is 0 Å². The van der Waals surface area contributed by atoms with Crippen LogP contribution in [0.2, 0.25) is 0 Å². The van der Waals surface area contributed by atoms with Crippen molar-refractivity contribution in [3.05, 3.63) is 0 Å². The minimum atomic E-state index is 0.365. The quantitative estimate of drug-likeness (QED) is 0.865. The number of nitrogens with zero attached hydrogens (tertiary/aromatic N) is 1. The molecule has 5 fully saturated rings. The van der Waals surface area contributed by atoms with Gasteiger partial charge < -0.3 is 10.5 Å². The van der Waals surface area contributed by atoms with E-state index in [1.54, 1.807) is 0 Å². The lowest BCUT2D eigenvalue weighted by molar-refractivity contribution is -0.0728. The molecule has 1 saturated heterocycles. The Balaban J connectivity index is 1.43. The molecule has 5 aliphatic rings. The Labute approximate surface area is 129 Å². The van der Waals surface area contributed by atoms with Gasteiger partial charge in [-0.25, -0.2) is 0 Å². The molecule has 1 heterocycles. The van der Waals surface area contributed by atoms with Crippen molar-refractivity contribution in [2.24, 2.45) is 28.9 Å². The van der Waals surface area contributed by atoms with Gasteiger partial charge in [0.2, 0.25) is 0 Å². The molecule has 2 N–H and O–H groups in total. The third-order valence-electron chi connectivity index (χ3n) is 7.26. The number of ether oxygens (including phenoxy) is 1. The highest BCUT2D eigenvalue weighted by Crippen LogP contribution is 2.61. The summed E-state index contributed by atoms with van der Waals surface area (Å²) < 4.78 is 5.73. The molecule has 5 rings (SSSR count). The first-order valence-corrected chi connectivity index (χ1v) is 9.13. The fourth-order valence-corrected chi connectivity index (χ4v) is 6.57. The van der Waals surface area contributed by atoms with Gasteiger partial charge in [0.15, 0.2) is 0 Å². The lowest BCUT2D eigenvalue weighted by Gasteiger charge is -2.59. The molecule has 1 aliphatic heterocycles. The minimum absolute atomic E-state index is 0.365. The summed E-state index contributed by atoms with van der Waals surface area (Å²) in [5.74, 6) is 3.00. The van der Waals surface area contributed by atoms with Crippen LogP contribution >= 0.6 is 0 Å². The first-order valence-electron chi connectivity index (χ1n) is 9.13. The summed E-state index contributed by atoms with van der Waals surface area (Å²) in [5, 5.41) is 0. The second-order valence-corrected chi connectivity index (χ2v) is 8.76. The highest BCUT2D eigenvalue weighted by Gasteiger charge is 2.53. The molecule has 0 aromatic carbocycles. The van der Waals surface area contributed by atoms with E-state index < -0.39 is 0 Å². The molecular formula is C18H32N2O. The summed E-state index contributed by atoms with van der Waals surface area (Å²) in [4.78, 5) is 2.50. The van der Waals surface area contributed by atoms with Crippen molar-refractivity contribution in [2.45, 2.75) is 70.1 Å². The van der Waals surface area contributed by atoms with E-state index in [4.69, 9.17) is 10.5 Å². The molecule has 0 spiro atoms. The zero-order valence-electron chi connectivity index (χ0n) is 13.8. The van der Waals surface area contributed by atoms with E-state index in [1.807, 2.05) is 0 Å². The number of hydrogen-bond donors (Lipinski definition) is 1. The van der Waals surface area contributed by atoms with Crippen LogP contribution in [0.5, 0.6) is 0 Å². The standard InChI is InChI=1S/C18H32N2O/c1-12-16(3-4-21-12)20(2)11-17(19)18-8-13-5-14(9-18)7-15(6-13)10-18/h12-17H,3-11,19H2,1-2H3. The van der Waals surface area contributed by atoms with Gasteiger partial charge in [0.05, 0.1) is 6.10 Å². The second-order valence-electron chi connectivity index (χ2n) is 8.76. The van der Waals surface area contributed by atoms with Crippen molar-refractivity contribution in [1.82, 2.24) is 4.90 Å². The van der Waals surface area contributed by atoms with Crippen LogP contribution in [0.3, 0.4) is 0 Å². The third-order valence-corrected chi connectivity index (χ3v) is 7.26. The minimum Gasteiger partial charge on any atom is -0.377 e. The van der Waals surface area contributed by atoms with E-state index >= 15 is 0 Å². The van der Waals surface area contributed by atoms with Crippen molar-refractivity contribution < 1.29 is 4.74 Å². The Kier molecular flexibility index (Phi) is 3.59. The molecule has 0 radical (unpaired) electrons. The Morgan fingerprint density at radius 3 is 2.19 bits per heavy atom. The van der Waals surface area contributed by atoms with E-state index in [1.165, 1.54) is 44.9 Å². The molecule has 3 heteroatoms. The normalized spacial score (nSPS) is 50.0. The molecular weight excluding hydrogens is 260 g/mol. The summed E-state index contributed by atoms with van der Waals surface area (Å²) in [5.41, 5.74) is 7.28. The second kappa shape index (κ2) is 5.21. The molecule has 120 valence electrons. The van der Waals surface area contributed by atoms with Crippen molar-refractivity contribution in [2.75, 3.05) is 20.2 Å². The maximum absolute atomic E-state index is 6.80. The first-order chi connectivity index (χ1) is 10.1. The highest BCUT2D eigenvalue weighted by atomic mass is 16.5. The number of rotatable bonds is 4. The van der Waals surface area contributed by atoms with Gasteiger partial charge in [0.25, 0.3) is 0 Å². The van der Waals surface area contributed by atoms with Gasteiger partial charge >= 0.3 is 0 Å². The molecule has 4 aliphatic carbocycles. The molecule has 0 aromatic rings. The summed E-state index contributed by atoms with van der Waals surface area (Å²) >= 11 is 0. The van der Waals surface area contributed by atoms with Crippen LogP contribution in [0.1, 0.15) is 51.9 Å². The predicted molar refractivity (Wildman–Crippen MR) is 85.0 cm³/mol. The van der Waals surface area contributed by atoms with Gasteiger partial charge in [-0.3, -0.25) is 4.90 Å². The number of hydrogen-bond acceptors (Lipinski definition) is 3. The van der Waals surface area contributed by atoms with Crippen molar-refractivity contribution in [3.63, 3.8) is 0 Å². The molecule has 4 saturated carbocycles. The van der Waals surface area contributed by atoms with Gasteiger partial charge in [-0.15, -0.1) is 0 Å². The van der Waals surface area contributed by atoms with Gasteiger partial charge in [-0.05, 0) is 82.1 Å². The predicted octanol–water partition coefficient (Wildman–Crippen LogP) is 2.64. The first kappa shape index (κ1) is 14.5. The van der Waals surface area contributed by atoms with Gasteiger partial charge in [0, 0.05) is 25.2 Å². The Morgan fingerprint density at radius 1 is 1.14 bits per heavy atom. The summed E-state index contributed by atoms with van der Waals surface area (Å²) in [7, 11) is 2.26. The van der Waals surface area contributed by atoms with E-state index in [0.717, 1.165) is 30.9 Å². The summed E-state index contributed by atoms with van der Waals surface area (Å²) in [6.45, 7) is 4.19. The zero-order chi connectivity index (χ0) is 14.6. The number of likely N-dealkylation sites (N-methyl/N-ethyl adjacent to an activating group) is 1. The van der Waals surface area contributed by atoms with Crippen LogP contribution in [0, 0.1) is 23.2 Å². The van der Waals surface area contributed by atoms with E-state index in [0.29, 0.717) is 23.6 Å². The maximum Gasteiger partial charge on any atom is 0.0702 e. The van der Waals surface area contributed by atoms with Crippen LogP contribution in [-0.4, -0.2) is 43.3 Å². The van der Waals surface area contributed by atoms with Gasteiger partial charge in [-0.2, -0.15) is 0 Å². The van der Waals surface area contributed by atoms with Crippen LogP contribution in [0.4, 0.5) is 0 Å². The van der Waals surface area contributed by atoms with E-state index in [-0.39, 0.29) is 0 Å². The monoisotopic (exact) mass is 292 g/mol. The molecule has 0 amide bonds. The van der Waals surface area contributed by atoms with Crippen LogP contribution in [-0.2, 0) is 4.74 Å². The van der Waals surface area contributed by atoms with E-state index in [9.17, 15) is 0 Å². The van der Waals surface area contributed by atoms with Crippen LogP contribution < -0.4 is 5.73 Å². The molecule has 21 heavy (non-hydrogen) atoms. The summed E-state index contributed by atoms with van der Waals surface area (Å²) in [6.07, 6.45) is 10.3. The Bertz CT molecular complexity index is 361. The third kappa shape index (κ3) is 2.46. The van der Waals surface area contributed by atoms with E-state index in [2.05, 4.69) is 18.9 Å². The number of nitrogens with two attached hydrogens (primary N) is 1. The van der Waals surface area contributed by atoms with Crippen molar-refractivity contribution in [1.29, 1.82) is 0 Å². The fourth-order valence-electron chi connectivity index (χ4n) is 6.57. The van der Waals surface area contributed by atoms with Gasteiger partial charge in [0.1, 0.15) is 0 Å². The summed E-state index contributed by atoms with van der Waals surface area (Å²) in [6, 6.07) is 0.939. The smallest absolute Gasteiger partial charge is 0.0702 e. The molecule has 3 nitrogen and oxygen atoms in total. The maximum atomic E-state index is 6.80. The van der Waals surface area contributed by atoms with Crippen LogP contribution in [0.15, 0.2) is 0 Å². The lowest BCUT2D eigenvalue weighted by atomic mass is 9.48. The van der Waals surface area contributed by atoms with Crippen LogP contribution in [0.25, 0.3) is 0 Å². The van der Waals surface area contributed by atoms with Gasteiger partial charge in [-0.1, -0.05) is 0 Å². The average Bonchev–Trinajstić information content (AvgIpc) is 2.83. The molecule has 3 unspecified atom stereocenters. The Hall–Kier alpha value is -0.120. The average molecular weight is 292 g/mol.